The van der Waals surface area contributed by atoms with Crippen molar-refractivity contribution in [2.75, 3.05) is 37.6 Å². The van der Waals surface area contributed by atoms with E-state index in [2.05, 4.69) is 45.1 Å². The fraction of sp³-hybridized carbons (Fsp3) is 0.467. The number of amides is 5. The molecule has 5 aliphatic heterocycles. The van der Waals surface area contributed by atoms with Crippen LogP contribution < -0.4 is 10.2 Å². The van der Waals surface area contributed by atoms with Crippen LogP contribution in [0, 0.1) is 17.9 Å². The van der Waals surface area contributed by atoms with Gasteiger partial charge in [0.1, 0.15) is 6.04 Å². The maximum Gasteiger partial charge on any atom is 0.262 e. The molecule has 6 aliphatic rings. The van der Waals surface area contributed by atoms with Gasteiger partial charge in [0, 0.05) is 68.0 Å². The summed E-state index contributed by atoms with van der Waals surface area (Å²) in [5, 5.41) is 2.81. The fourth-order valence-electron chi connectivity index (χ4n) is 10.8. The van der Waals surface area contributed by atoms with Crippen molar-refractivity contribution in [1.82, 2.24) is 20.0 Å². The van der Waals surface area contributed by atoms with Gasteiger partial charge in [-0.25, -0.2) is 4.85 Å². The number of imide groups is 2. The van der Waals surface area contributed by atoms with E-state index in [1.807, 2.05) is 41.3 Å². The molecule has 0 radical (unpaired) electrons. The summed E-state index contributed by atoms with van der Waals surface area (Å²) in [4.78, 5) is 76.0. The number of piperidine rings is 3. The normalized spacial score (nSPS) is 25.1. The van der Waals surface area contributed by atoms with Gasteiger partial charge in [-0.05, 0) is 122 Å². The molecular weight excluding hydrogens is 740 g/mol. The summed E-state index contributed by atoms with van der Waals surface area (Å²) in [6.45, 7) is 14.5. The second-order valence-electron chi connectivity index (χ2n) is 17.2. The van der Waals surface area contributed by atoms with Gasteiger partial charge in [0.15, 0.2) is 0 Å². The number of hydrogen-bond donors (Lipinski definition) is 1. The second kappa shape index (κ2) is 14.7. The Morgan fingerprint density at radius 3 is 2.21 bits per heavy atom. The van der Waals surface area contributed by atoms with E-state index < -0.39 is 29.7 Å². The molecule has 3 aromatic carbocycles. The van der Waals surface area contributed by atoms with Crippen molar-refractivity contribution in [3.05, 3.63) is 104 Å². The van der Waals surface area contributed by atoms with E-state index in [1.165, 1.54) is 12.0 Å². The third kappa shape index (κ3) is 6.80. The third-order valence-corrected chi connectivity index (χ3v) is 14.3. The number of carbonyl (C=O) groups is 5. The first-order valence-corrected chi connectivity index (χ1v) is 20.8. The summed E-state index contributed by atoms with van der Waals surface area (Å²) in [6, 6.07) is 17.1. The van der Waals surface area contributed by atoms with Gasteiger partial charge in [0.25, 0.3) is 17.7 Å². The van der Waals surface area contributed by atoms with E-state index in [1.54, 1.807) is 0 Å². The minimum absolute atomic E-state index is 0.0661. The van der Waals surface area contributed by atoms with Gasteiger partial charge in [-0.15, -0.1) is 0 Å². The minimum atomic E-state index is -0.975. The molecule has 0 aromatic heterocycles. The van der Waals surface area contributed by atoms with Gasteiger partial charge in [-0.2, -0.15) is 0 Å². The van der Waals surface area contributed by atoms with Gasteiger partial charge >= 0.3 is 0 Å². The van der Waals surface area contributed by atoms with Crippen LogP contribution in [-0.2, 0) is 22.6 Å². The summed E-state index contributed by atoms with van der Waals surface area (Å²) in [6.07, 6.45) is 7.35. The van der Waals surface area contributed by atoms with E-state index in [9.17, 15) is 24.0 Å². The summed E-state index contributed by atoms with van der Waals surface area (Å²) in [5.41, 5.74) is 6.70. The van der Waals surface area contributed by atoms with Crippen molar-refractivity contribution in [3.63, 3.8) is 0 Å². The molecule has 5 heterocycles. The summed E-state index contributed by atoms with van der Waals surface area (Å²) in [5.74, 6) is -0.844. The van der Waals surface area contributed by atoms with Crippen LogP contribution >= 0.6 is 11.6 Å². The molecule has 11 nitrogen and oxygen atoms in total. The predicted molar refractivity (Wildman–Crippen MR) is 215 cm³/mol. The average Bonchev–Trinajstić information content (AvgIpc) is 3.67. The van der Waals surface area contributed by atoms with E-state index in [-0.39, 0.29) is 18.7 Å². The summed E-state index contributed by atoms with van der Waals surface area (Å²) in [7, 11) is 0. The minimum Gasteiger partial charge on any atom is -0.371 e. The first-order valence-electron chi connectivity index (χ1n) is 20.4. The molecule has 3 aromatic rings. The van der Waals surface area contributed by atoms with Crippen LogP contribution in [0.3, 0.4) is 0 Å². The topological polar surface area (TPSA) is 115 Å². The quantitative estimate of drug-likeness (QED) is 0.225. The SMILES string of the molecule is [C-]#[N+]c1ccc(C2CC3(CCN(c4ccc(C(=O)N5CCC(N6CCc7cc8c(cc7C6)C(=O)N(C6CCC(=O)NC6=O)C8=O)CC5)cc4)CC3)C[C@@H]2C)cc1Cl. The van der Waals surface area contributed by atoms with E-state index >= 15 is 0 Å². The van der Waals surface area contributed by atoms with Gasteiger partial charge in [0.2, 0.25) is 17.5 Å². The number of rotatable bonds is 5. The van der Waals surface area contributed by atoms with Crippen molar-refractivity contribution in [1.29, 1.82) is 0 Å². The number of fused-ring (bicyclic) bond motifs is 2. The number of nitrogens with one attached hydrogen (secondary N) is 1. The molecular formula is C45H47ClN6O5. The highest BCUT2D eigenvalue weighted by Gasteiger charge is 2.47. The Bertz CT molecular complexity index is 2220. The number of halogens is 1. The molecule has 2 unspecified atom stereocenters. The van der Waals surface area contributed by atoms with Gasteiger partial charge in [-0.3, -0.25) is 39.1 Å². The number of hydrogen-bond acceptors (Lipinski definition) is 7. The Hall–Kier alpha value is -5.05. The van der Waals surface area contributed by atoms with Crippen molar-refractivity contribution in [3.8, 4) is 0 Å². The first-order chi connectivity index (χ1) is 27.5. The van der Waals surface area contributed by atoms with Gasteiger partial charge in [-0.1, -0.05) is 36.7 Å². The summed E-state index contributed by atoms with van der Waals surface area (Å²) >= 11 is 6.41. The van der Waals surface area contributed by atoms with Gasteiger partial charge in [0.05, 0.1) is 17.7 Å². The first kappa shape index (κ1) is 37.5. The monoisotopic (exact) mass is 786 g/mol. The van der Waals surface area contributed by atoms with Gasteiger partial charge < -0.3 is 9.80 Å². The van der Waals surface area contributed by atoms with Crippen LogP contribution in [-0.4, -0.2) is 89.0 Å². The molecule has 1 spiro atoms. The number of likely N-dealkylation sites (tertiary alicyclic amines) is 1. The lowest BCUT2D eigenvalue weighted by Crippen LogP contribution is -2.54. The Kier molecular flexibility index (Phi) is 9.69. The van der Waals surface area contributed by atoms with Crippen molar-refractivity contribution < 1.29 is 24.0 Å². The lowest BCUT2D eigenvalue weighted by molar-refractivity contribution is -0.136. The Morgan fingerprint density at radius 1 is 0.842 bits per heavy atom. The molecule has 0 bridgehead atoms. The molecule has 3 atom stereocenters. The Morgan fingerprint density at radius 2 is 1.54 bits per heavy atom. The smallest absolute Gasteiger partial charge is 0.262 e. The largest absolute Gasteiger partial charge is 0.371 e. The van der Waals surface area contributed by atoms with Crippen LogP contribution in [0.5, 0.6) is 0 Å². The van der Waals surface area contributed by atoms with E-state index in [0.717, 1.165) is 79.9 Å². The van der Waals surface area contributed by atoms with Crippen LogP contribution in [0.2, 0.25) is 5.02 Å². The standard InChI is InChI=1S/C45H47ClN6O5/c1-27-24-45(25-36(27)30-5-8-38(47-2)37(46)23-30)14-19-49(20-15-45)32-6-3-28(4-7-32)42(55)50-17-12-33(13-18-50)51-16-11-29-21-34-35(22-31(29)26-51)44(57)52(43(34)56)39-9-10-40(53)48-41(39)54/h3-8,21-23,27,33,36,39H,9-20,24-26H2,1H3,(H,48,53,54)/t27-,36?,39?/m0/s1. The second-order valence-corrected chi connectivity index (χ2v) is 17.6. The number of benzene rings is 3. The molecule has 4 fully saturated rings. The molecule has 1 N–H and O–H groups in total. The number of nitrogens with zero attached hydrogens (tertiary/aromatic N) is 5. The lowest BCUT2D eigenvalue weighted by atomic mass is 9.75. The molecule has 57 heavy (non-hydrogen) atoms. The highest BCUT2D eigenvalue weighted by molar-refractivity contribution is 6.33. The van der Waals surface area contributed by atoms with Crippen molar-refractivity contribution in [2.45, 2.75) is 89.3 Å². The number of anilines is 1. The van der Waals surface area contributed by atoms with E-state index in [0.29, 0.717) is 70.3 Å². The van der Waals surface area contributed by atoms with Crippen LogP contribution in [0.15, 0.2) is 54.6 Å². The van der Waals surface area contributed by atoms with Crippen LogP contribution in [0.4, 0.5) is 11.4 Å². The van der Waals surface area contributed by atoms with Crippen LogP contribution in [0.25, 0.3) is 4.85 Å². The lowest BCUT2D eigenvalue weighted by Gasteiger charge is -2.41. The maximum atomic E-state index is 13.7. The van der Waals surface area contributed by atoms with Crippen molar-refractivity contribution in [2.24, 2.45) is 11.3 Å². The molecule has 5 amide bonds. The third-order valence-electron chi connectivity index (χ3n) is 14.0. The molecule has 1 saturated carbocycles. The van der Waals surface area contributed by atoms with E-state index in [4.69, 9.17) is 18.2 Å². The average molecular weight is 787 g/mol. The Labute approximate surface area is 338 Å². The molecule has 12 heteroatoms. The molecule has 9 rings (SSSR count). The zero-order valence-corrected chi connectivity index (χ0v) is 33.0. The maximum absolute atomic E-state index is 13.7. The highest BCUT2D eigenvalue weighted by Crippen LogP contribution is 2.56. The number of carbonyl (C=O) groups excluding carboxylic acids is 5. The van der Waals surface area contributed by atoms with Crippen LogP contribution in [0.1, 0.15) is 112 Å². The Balaban J connectivity index is 0.772. The molecule has 3 saturated heterocycles. The molecule has 1 aliphatic carbocycles. The fourth-order valence-corrected chi connectivity index (χ4v) is 11.0. The zero-order chi connectivity index (χ0) is 39.6. The zero-order valence-electron chi connectivity index (χ0n) is 32.3. The van der Waals surface area contributed by atoms with Crippen molar-refractivity contribution >= 4 is 52.5 Å². The predicted octanol–water partition coefficient (Wildman–Crippen LogP) is 6.76. The summed E-state index contributed by atoms with van der Waals surface area (Å²) < 4.78 is 0. The molecule has 294 valence electrons. The highest BCUT2D eigenvalue weighted by atomic mass is 35.5.